The van der Waals surface area contributed by atoms with Crippen LogP contribution in [0.2, 0.25) is 0 Å². The molecule has 0 saturated carbocycles. The van der Waals surface area contributed by atoms with Crippen LogP contribution in [0, 0.1) is 0 Å². The lowest BCUT2D eigenvalue weighted by molar-refractivity contribution is 2.25. The van der Waals surface area contributed by atoms with Gasteiger partial charge in [-0.3, -0.25) is 0 Å². The van der Waals surface area contributed by atoms with Gasteiger partial charge in [0.25, 0.3) is 0 Å². The summed E-state index contributed by atoms with van der Waals surface area (Å²) in [7, 11) is 4.76. The standard InChI is InChI=1S/C4H9ClS/c1-4-6(2,3)5/h4H,1H2,2-3H3. The van der Waals surface area contributed by atoms with Crippen molar-refractivity contribution in [3.8, 4) is 0 Å². The molecule has 0 bridgehead atoms. The first-order valence-corrected chi connectivity index (χ1v) is 4.95. The van der Waals surface area contributed by atoms with Crippen molar-refractivity contribution < 1.29 is 0 Å². The van der Waals surface area contributed by atoms with Crippen LogP contribution in [-0.4, -0.2) is 12.5 Å². The second-order valence-corrected chi connectivity index (χ2v) is 6.72. The van der Waals surface area contributed by atoms with E-state index in [-0.39, 0.29) is 0 Å². The summed E-state index contributed by atoms with van der Waals surface area (Å²) in [6.45, 7) is 3.54. The zero-order valence-electron chi connectivity index (χ0n) is 4.07. The van der Waals surface area contributed by atoms with E-state index in [9.17, 15) is 0 Å². The number of halogens is 1. The van der Waals surface area contributed by atoms with Gasteiger partial charge < -0.3 is 0 Å². The minimum atomic E-state index is -0.926. The Hall–Kier alpha value is 0.380. The summed E-state index contributed by atoms with van der Waals surface area (Å²) in [5, 5.41) is 1.79. The van der Waals surface area contributed by atoms with Crippen LogP contribution >= 0.6 is 19.9 Å². The normalized spacial score (nSPS) is 13.8. The molecule has 0 nitrogen and oxygen atoms in total. The molecular formula is C4H9ClS. The molecule has 0 rings (SSSR count). The lowest BCUT2D eigenvalue weighted by Crippen LogP contribution is -1.71. The van der Waals surface area contributed by atoms with E-state index in [2.05, 4.69) is 6.58 Å². The fourth-order valence-corrected chi connectivity index (χ4v) is 0. The molecule has 0 unspecified atom stereocenters. The number of hydrogen-bond acceptors (Lipinski definition) is 0. The van der Waals surface area contributed by atoms with Crippen LogP contribution in [0.5, 0.6) is 0 Å². The molecule has 6 heavy (non-hydrogen) atoms. The first-order chi connectivity index (χ1) is 2.56. The van der Waals surface area contributed by atoms with Crippen molar-refractivity contribution in [2.75, 3.05) is 12.5 Å². The monoisotopic (exact) mass is 124 g/mol. The van der Waals surface area contributed by atoms with E-state index < -0.39 is 9.24 Å². The summed E-state index contributed by atoms with van der Waals surface area (Å²) in [5.41, 5.74) is 0. The predicted molar refractivity (Wildman–Crippen MR) is 35.5 cm³/mol. The first-order valence-electron chi connectivity index (χ1n) is 1.61. The van der Waals surface area contributed by atoms with Gasteiger partial charge in [0.05, 0.1) is 0 Å². The first kappa shape index (κ1) is 6.38. The molecule has 0 aliphatic rings. The van der Waals surface area contributed by atoms with E-state index in [1.807, 2.05) is 12.5 Å². The van der Waals surface area contributed by atoms with Gasteiger partial charge in [-0.15, -0.1) is 9.24 Å². The molecule has 0 heterocycles. The van der Waals surface area contributed by atoms with Crippen LogP contribution in [0.1, 0.15) is 0 Å². The van der Waals surface area contributed by atoms with Gasteiger partial charge in [-0.1, -0.05) is 17.3 Å². The maximum absolute atomic E-state index is 5.68. The van der Waals surface area contributed by atoms with Crippen molar-refractivity contribution in [2.45, 2.75) is 0 Å². The second-order valence-electron chi connectivity index (χ2n) is 1.44. The Morgan fingerprint density at radius 3 is 1.83 bits per heavy atom. The third-order valence-electron chi connectivity index (χ3n) is 0.396. The summed E-state index contributed by atoms with van der Waals surface area (Å²) in [5.74, 6) is 0. The molecule has 0 aliphatic heterocycles. The van der Waals surface area contributed by atoms with Crippen LogP contribution in [0.4, 0.5) is 0 Å². The third-order valence-corrected chi connectivity index (χ3v) is 1.57. The SMILES string of the molecule is C=CS(C)(C)Cl. The van der Waals surface area contributed by atoms with Crippen molar-refractivity contribution in [1.29, 1.82) is 0 Å². The summed E-state index contributed by atoms with van der Waals surface area (Å²) in [4.78, 5) is 0. The highest BCUT2D eigenvalue weighted by atomic mass is 35.7. The van der Waals surface area contributed by atoms with Crippen LogP contribution in [0.3, 0.4) is 0 Å². The summed E-state index contributed by atoms with van der Waals surface area (Å²) in [6.07, 6.45) is 3.95. The zero-order valence-corrected chi connectivity index (χ0v) is 5.64. The molecule has 0 aromatic rings. The van der Waals surface area contributed by atoms with Gasteiger partial charge in [0, 0.05) is 0 Å². The number of hydrogen-bond donors (Lipinski definition) is 0. The van der Waals surface area contributed by atoms with E-state index >= 15 is 0 Å². The second kappa shape index (κ2) is 1.90. The average Bonchev–Trinajstić information content (AvgIpc) is 1.35. The van der Waals surface area contributed by atoms with Crippen molar-refractivity contribution in [1.82, 2.24) is 0 Å². The molecule has 0 amide bonds. The Kier molecular flexibility index (Phi) is 2.02. The summed E-state index contributed by atoms with van der Waals surface area (Å²) < 4.78 is 0. The van der Waals surface area contributed by atoms with Gasteiger partial charge in [-0.25, -0.2) is 0 Å². The molecule has 0 saturated heterocycles. The van der Waals surface area contributed by atoms with Crippen molar-refractivity contribution in [3.63, 3.8) is 0 Å². The Morgan fingerprint density at radius 1 is 1.67 bits per heavy atom. The fraction of sp³-hybridized carbons (Fsp3) is 0.500. The maximum atomic E-state index is 5.68. The Bertz CT molecular complexity index is 53.1. The molecule has 0 aromatic carbocycles. The maximum Gasteiger partial charge on any atom is -0.0184 e. The van der Waals surface area contributed by atoms with Gasteiger partial charge >= 0.3 is 0 Å². The van der Waals surface area contributed by atoms with Gasteiger partial charge in [0.1, 0.15) is 0 Å². The van der Waals surface area contributed by atoms with Crippen LogP contribution in [0.25, 0.3) is 0 Å². The lowest BCUT2D eigenvalue weighted by Gasteiger charge is -2.12. The molecule has 38 valence electrons. The van der Waals surface area contributed by atoms with Crippen LogP contribution in [0.15, 0.2) is 12.0 Å². The molecule has 0 spiro atoms. The lowest BCUT2D eigenvalue weighted by atomic mass is 11.3. The van der Waals surface area contributed by atoms with Crippen LogP contribution in [-0.2, 0) is 0 Å². The molecular weight excluding hydrogens is 116 g/mol. The molecule has 0 aliphatic carbocycles. The molecule has 2 heteroatoms. The Labute approximate surface area is 45.0 Å². The summed E-state index contributed by atoms with van der Waals surface area (Å²) in [6, 6.07) is 0. The van der Waals surface area contributed by atoms with E-state index in [0.29, 0.717) is 0 Å². The number of rotatable bonds is 1. The molecule has 0 radical (unpaired) electrons. The van der Waals surface area contributed by atoms with E-state index in [0.717, 1.165) is 0 Å². The fourth-order valence-electron chi connectivity index (χ4n) is 0. The highest BCUT2D eigenvalue weighted by Gasteiger charge is 1.95. The third kappa shape index (κ3) is 4.38. The van der Waals surface area contributed by atoms with Crippen LogP contribution < -0.4 is 0 Å². The van der Waals surface area contributed by atoms with Crippen molar-refractivity contribution >= 4 is 19.9 Å². The highest BCUT2D eigenvalue weighted by molar-refractivity contribution is 8.52. The smallest absolute Gasteiger partial charge is 0.0184 e. The quantitative estimate of drug-likeness (QED) is 0.504. The van der Waals surface area contributed by atoms with E-state index in [1.54, 1.807) is 5.41 Å². The van der Waals surface area contributed by atoms with E-state index in [1.165, 1.54) is 0 Å². The van der Waals surface area contributed by atoms with Gasteiger partial charge in [-0.2, -0.15) is 0 Å². The van der Waals surface area contributed by atoms with Crippen molar-refractivity contribution in [3.05, 3.63) is 12.0 Å². The van der Waals surface area contributed by atoms with Gasteiger partial charge in [-0.05, 0) is 17.9 Å². The molecule has 0 N–H and O–H groups in total. The predicted octanol–water partition coefficient (Wildman–Crippen LogP) is 2.35. The van der Waals surface area contributed by atoms with E-state index in [4.69, 9.17) is 10.7 Å². The molecule has 0 atom stereocenters. The van der Waals surface area contributed by atoms with Gasteiger partial charge in [0.2, 0.25) is 0 Å². The Morgan fingerprint density at radius 2 is 1.83 bits per heavy atom. The summed E-state index contributed by atoms with van der Waals surface area (Å²) >= 11 is 0. The minimum Gasteiger partial charge on any atom is -0.149 e. The molecule has 0 fully saturated rings. The minimum absolute atomic E-state index is 0.926. The Balaban J connectivity index is 3.45. The zero-order chi connectivity index (χ0) is 5.21. The molecule has 0 aromatic heterocycles. The highest BCUT2D eigenvalue weighted by Crippen LogP contribution is 2.45. The topological polar surface area (TPSA) is 0 Å². The van der Waals surface area contributed by atoms with Gasteiger partial charge in [0.15, 0.2) is 0 Å². The largest absolute Gasteiger partial charge is 0.149 e. The van der Waals surface area contributed by atoms with Crippen molar-refractivity contribution in [2.24, 2.45) is 0 Å². The average molecular weight is 125 g/mol.